The Hall–Kier alpha value is -3.09. The lowest BCUT2D eigenvalue weighted by molar-refractivity contribution is 0.0978. The fourth-order valence-corrected chi connectivity index (χ4v) is 7.58. The van der Waals surface area contributed by atoms with Gasteiger partial charge in [0.2, 0.25) is 10.0 Å². The molecule has 1 unspecified atom stereocenters. The van der Waals surface area contributed by atoms with Gasteiger partial charge in [0.15, 0.2) is 0 Å². The predicted molar refractivity (Wildman–Crippen MR) is 150 cm³/mol. The van der Waals surface area contributed by atoms with Crippen molar-refractivity contribution in [2.24, 2.45) is 5.73 Å². The number of carbonyl (C=O) groups excluding carboxylic acids is 2. The molecule has 0 aliphatic carbocycles. The smallest absolute Gasteiger partial charge is 0.256 e. The summed E-state index contributed by atoms with van der Waals surface area (Å²) >= 11 is 1.37. The first-order valence-electron chi connectivity index (χ1n) is 12.9. The molecule has 39 heavy (non-hydrogen) atoms. The molecule has 2 aromatic carbocycles. The number of carbonyl (C=O) groups is 2. The first kappa shape index (κ1) is 27.5. The van der Waals surface area contributed by atoms with E-state index in [1.165, 1.54) is 52.5 Å². The van der Waals surface area contributed by atoms with Gasteiger partial charge in [0.1, 0.15) is 5.00 Å². The molecule has 2 aliphatic heterocycles. The number of nitrogens with zero attached hydrogens (tertiary/aromatic N) is 2. The number of thiophene rings is 1. The van der Waals surface area contributed by atoms with E-state index >= 15 is 0 Å². The van der Waals surface area contributed by atoms with E-state index in [1.54, 1.807) is 0 Å². The average molecular weight is 569 g/mol. The number of hydrogen-bond donors (Lipinski definition) is 2. The fraction of sp³-hybridized carbons (Fsp3) is 0.357. The van der Waals surface area contributed by atoms with E-state index in [9.17, 15) is 18.0 Å². The minimum absolute atomic E-state index is 0.0995. The Bertz CT molecular complexity index is 1450. The van der Waals surface area contributed by atoms with Crippen molar-refractivity contribution in [1.29, 1.82) is 0 Å². The number of primary amides is 1. The van der Waals surface area contributed by atoms with Gasteiger partial charge in [-0.15, -0.1) is 11.3 Å². The van der Waals surface area contributed by atoms with Crippen LogP contribution in [-0.2, 0) is 34.3 Å². The number of ether oxygens (including phenoxy) is 1. The molecule has 3 aromatic rings. The topological polar surface area (TPSA) is 122 Å². The molecule has 0 bridgehead atoms. The van der Waals surface area contributed by atoms with Crippen LogP contribution >= 0.6 is 11.3 Å². The van der Waals surface area contributed by atoms with E-state index in [0.29, 0.717) is 30.1 Å². The second-order valence-electron chi connectivity index (χ2n) is 9.92. The molecule has 5 rings (SSSR count). The summed E-state index contributed by atoms with van der Waals surface area (Å²) in [6.45, 7) is 3.18. The van der Waals surface area contributed by atoms with Crippen molar-refractivity contribution in [3.05, 3.63) is 81.7 Å². The summed E-state index contributed by atoms with van der Waals surface area (Å²) < 4.78 is 32.8. The molecule has 0 saturated carbocycles. The van der Waals surface area contributed by atoms with E-state index < -0.39 is 21.8 Å². The normalized spacial score (nSPS) is 17.7. The van der Waals surface area contributed by atoms with Crippen LogP contribution in [0.5, 0.6) is 0 Å². The summed E-state index contributed by atoms with van der Waals surface area (Å²) in [6.07, 6.45) is 2.33. The van der Waals surface area contributed by atoms with Gasteiger partial charge < -0.3 is 15.8 Å². The molecule has 1 atom stereocenters. The van der Waals surface area contributed by atoms with E-state index in [0.717, 1.165) is 36.4 Å². The molecule has 3 N–H and O–H groups in total. The van der Waals surface area contributed by atoms with Gasteiger partial charge in [-0.2, -0.15) is 4.31 Å². The van der Waals surface area contributed by atoms with Crippen LogP contribution in [0.2, 0.25) is 0 Å². The van der Waals surface area contributed by atoms with Crippen molar-refractivity contribution >= 4 is 38.2 Å². The number of nitrogens with one attached hydrogen (secondary N) is 1. The molecule has 1 aromatic heterocycles. The van der Waals surface area contributed by atoms with Crippen LogP contribution in [0.3, 0.4) is 0 Å². The number of benzene rings is 2. The van der Waals surface area contributed by atoms with Crippen LogP contribution in [0.15, 0.2) is 59.5 Å². The minimum Gasteiger partial charge on any atom is -0.377 e. The highest BCUT2D eigenvalue weighted by Gasteiger charge is 2.29. The lowest BCUT2D eigenvalue weighted by Crippen LogP contribution is -2.34. The largest absolute Gasteiger partial charge is 0.377 e. The first-order valence-corrected chi connectivity index (χ1v) is 15.2. The molecule has 11 heteroatoms. The summed E-state index contributed by atoms with van der Waals surface area (Å²) in [6, 6.07) is 16.0. The maximum Gasteiger partial charge on any atom is 0.256 e. The molecule has 2 aliphatic rings. The number of sulfonamides is 1. The Morgan fingerprint density at radius 1 is 1.15 bits per heavy atom. The van der Waals surface area contributed by atoms with E-state index in [2.05, 4.69) is 22.3 Å². The van der Waals surface area contributed by atoms with Crippen LogP contribution in [0.4, 0.5) is 5.00 Å². The Balaban J connectivity index is 1.29. The third-order valence-corrected chi connectivity index (χ3v) is 10.1. The second-order valence-corrected chi connectivity index (χ2v) is 13.1. The third kappa shape index (κ3) is 6.07. The zero-order chi connectivity index (χ0) is 27.6. The maximum atomic E-state index is 13.1. The zero-order valence-corrected chi connectivity index (χ0v) is 23.4. The minimum atomic E-state index is -3.72. The number of likely N-dealkylation sites (N-methyl/N-ethyl adjacent to an activating group) is 1. The van der Waals surface area contributed by atoms with E-state index in [-0.39, 0.29) is 23.1 Å². The number of amides is 2. The van der Waals surface area contributed by atoms with Gasteiger partial charge in [-0.1, -0.05) is 30.3 Å². The Labute approximate surface area is 232 Å². The summed E-state index contributed by atoms with van der Waals surface area (Å²) in [5.41, 5.74) is 8.48. The van der Waals surface area contributed by atoms with Crippen LogP contribution in [0.25, 0.3) is 0 Å². The average Bonchev–Trinajstić information content (AvgIpc) is 3.56. The first-order chi connectivity index (χ1) is 18.7. The molecule has 0 spiro atoms. The number of anilines is 1. The van der Waals surface area contributed by atoms with Crippen molar-refractivity contribution in [3.63, 3.8) is 0 Å². The molecule has 3 heterocycles. The molecule has 9 nitrogen and oxygen atoms in total. The standard InChI is InChI=1S/C28H32N4O5S2/c1-31(17-21-8-5-15-37-21)39(35,36)22-11-9-20(10-12-22)27(34)30-28-25(26(29)33)23-13-14-32(18-24(23)38-28)16-19-6-3-2-4-7-19/h2-4,6-7,9-12,21H,5,8,13-18H2,1H3,(H2,29,33)(H,30,34). The summed E-state index contributed by atoms with van der Waals surface area (Å²) in [5, 5.41) is 3.27. The van der Waals surface area contributed by atoms with Crippen molar-refractivity contribution < 1.29 is 22.7 Å². The lowest BCUT2D eigenvalue weighted by atomic mass is 10.0. The molecule has 1 fully saturated rings. The van der Waals surface area contributed by atoms with Crippen LogP contribution in [0, 0.1) is 0 Å². The zero-order valence-electron chi connectivity index (χ0n) is 21.8. The molecule has 206 valence electrons. The quantitative estimate of drug-likeness (QED) is 0.408. The molecule has 0 radical (unpaired) electrons. The number of fused-ring (bicyclic) bond motifs is 1. The number of hydrogen-bond acceptors (Lipinski definition) is 7. The molecule has 2 amide bonds. The summed E-state index contributed by atoms with van der Waals surface area (Å²) in [4.78, 5) is 28.9. The van der Waals surface area contributed by atoms with E-state index in [1.807, 2.05) is 18.2 Å². The summed E-state index contributed by atoms with van der Waals surface area (Å²) in [5.74, 6) is -1.01. The van der Waals surface area contributed by atoms with Crippen molar-refractivity contribution in [2.45, 2.75) is 43.4 Å². The van der Waals surface area contributed by atoms with Gasteiger partial charge in [-0.05, 0) is 54.7 Å². The Morgan fingerprint density at radius 2 is 1.90 bits per heavy atom. The van der Waals surface area contributed by atoms with Crippen molar-refractivity contribution in [1.82, 2.24) is 9.21 Å². The highest BCUT2D eigenvalue weighted by atomic mass is 32.2. The van der Waals surface area contributed by atoms with Gasteiger partial charge >= 0.3 is 0 Å². The van der Waals surface area contributed by atoms with Gasteiger partial charge in [0.05, 0.1) is 16.6 Å². The van der Waals surface area contributed by atoms with Crippen LogP contribution < -0.4 is 11.1 Å². The monoisotopic (exact) mass is 568 g/mol. The summed E-state index contributed by atoms with van der Waals surface area (Å²) in [7, 11) is -2.19. The Morgan fingerprint density at radius 3 is 2.56 bits per heavy atom. The molecule has 1 saturated heterocycles. The van der Waals surface area contributed by atoms with Crippen molar-refractivity contribution in [3.8, 4) is 0 Å². The third-order valence-electron chi connectivity index (χ3n) is 7.17. The van der Waals surface area contributed by atoms with Crippen LogP contribution in [0.1, 0.15) is 49.6 Å². The number of rotatable bonds is 9. The molecular formula is C28H32N4O5S2. The fourth-order valence-electron chi connectivity index (χ4n) is 5.09. The highest BCUT2D eigenvalue weighted by molar-refractivity contribution is 7.89. The van der Waals surface area contributed by atoms with Gasteiger partial charge in [0, 0.05) is 50.3 Å². The van der Waals surface area contributed by atoms with Gasteiger partial charge in [-0.25, -0.2) is 8.42 Å². The SMILES string of the molecule is CN(CC1CCCO1)S(=O)(=O)c1ccc(C(=O)Nc2sc3c(c2C(N)=O)CCN(Cc2ccccc2)C3)cc1. The van der Waals surface area contributed by atoms with E-state index in [4.69, 9.17) is 10.5 Å². The lowest BCUT2D eigenvalue weighted by Gasteiger charge is -2.27. The van der Waals surface area contributed by atoms with Gasteiger partial charge in [0.25, 0.3) is 11.8 Å². The predicted octanol–water partition coefficient (Wildman–Crippen LogP) is 3.46. The van der Waals surface area contributed by atoms with Crippen molar-refractivity contribution in [2.75, 3.05) is 32.1 Å². The number of nitrogens with two attached hydrogens (primary N) is 1. The van der Waals surface area contributed by atoms with Gasteiger partial charge in [-0.3, -0.25) is 14.5 Å². The molecular weight excluding hydrogens is 536 g/mol. The second kappa shape index (κ2) is 11.6. The van der Waals surface area contributed by atoms with Crippen LogP contribution in [-0.4, -0.2) is 62.3 Å². The maximum absolute atomic E-state index is 13.1. The highest BCUT2D eigenvalue weighted by Crippen LogP contribution is 2.37. The Kier molecular flexibility index (Phi) is 8.15.